The van der Waals surface area contributed by atoms with Gasteiger partial charge in [-0.05, 0) is 31.9 Å². The van der Waals surface area contributed by atoms with Gasteiger partial charge in [-0.15, -0.1) is 0 Å². The van der Waals surface area contributed by atoms with E-state index in [9.17, 15) is 5.11 Å². The summed E-state index contributed by atoms with van der Waals surface area (Å²) in [5.41, 5.74) is 0. The number of hydrogen-bond donors (Lipinski definition) is 3. The molecule has 1 aliphatic rings. The van der Waals surface area contributed by atoms with Gasteiger partial charge in [0.15, 0.2) is 5.96 Å². The summed E-state index contributed by atoms with van der Waals surface area (Å²) in [6.07, 6.45) is 7.09. The first-order chi connectivity index (χ1) is 9.79. The Balaban J connectivity index is 1.76. The third kappa shape index (κ3) is 4.56. The van der Waals surface area contributed by atoms with Gasteiger partial charge >= 0.3 is 0 Å². The van der Waals surface area contributed by atoms with E-state index >= 15 is 0 Å². The number of aliphatic imine (C=N–C) groups is 1. The lowest BCUT2D eigenvalue weighted by molar-refractivity contribution is 0.136. The summed E-state index contributed by atoms with van der Waals surface area (Å²) >= 11 is 0. The van der Waals surface area contributed by atoms with Crippen molar-refractivity contribution >= 4 is 5.96 Å². The molecule has 2 atom stereocenters. The summed E-state index contributed by atoms with van der Waals surface area (Å²) in [6.45, 7) is 5.38. The molecule has 3 N–H and O–H groups in total. The highest BCUT2D eigenvalue weighted by atomic mass is 16.3. The van der Waals surface area contributed by atoms with E-state index in [0.29, 0.717) is 12.5 Å². The number of nitrogens with zero attached hydrogens (tertiary/aromatic N) is 2. The van der Waals surface area contributed by atoms with Gasteiger partial charge < -0.3 is 20.3 Å². The van der Waals surface area contributed by atoms with Gasteiger partial charge in [-0.1, -0.05) is 6.42 Å². The van der Waals surface area contributed by atoms with Crippen molar-refractivity contribution in [2.24, 2.45) is 10.9 Å². The zero-order valence-electron chi connectivity index (χ0n) is 12.3. The van der Waals surface area contributed by atoms with Gasteiger partial charge in [0.25, 0.3) is 0 Å². The normalized spacial score (nSPS) is 23.0. The van der Waals surface area contributed by atoms with Crippen LogP contribution in [0, 0.1) is 5.92 Å². The first-order valence-corrected chi connectivity index (χ1v) is 7.60. The average molecular weight is 278 g/mol. The molecular formula is C15H26N4O. The van der Waals surface area contributed by atoms with Gasteiger partial charge in [0.1, 0.15) is 0 Å². The minimum absolute atomic E-state index is 0.165. The zero-order valence-corrected chi connectivity index (χ0v) is 12.3. The third-order valence-electron chi connectivity index (χ3n) is 3.78. The molecule has 0 saturated heterocycles. The molecule has 2 rings (SSSR count). The largest absolute Gasteiger partial charge is 0.393 e. The van der Waals surface area contributed by atoms with E-state index in [1.165, 1.54) is 0 Å². The fourth-order valence-corrected chi connectivity index (χ4v) is 2.60. The van der Waals surface area contributed by atoms with Crippen LogP contribution in [-0.4, -0.2) is 41.4 Å². The van der Waals surface area contributed by atoms with Crippen LogP contribution in [0.3, 0.4) is 0 Å². The van der Waals surface area contributed by atoms with Crippen LogP contribution in [-0.2, 0) is 6.54 Å². The van der Waals surface area contributed by atoms with Crippen molar-refractivity contribution < 1.29 is 5.11 Å². The summed E-state index contributed by atoms with van der Waals surface area (Å²) in [6, 6.07) is 4.06. The van der Waals surface area contributed by atoms with E-state index in [0.717, 1.165) is 44.9 Å². The summed E-state index contributed by atoms with van der Waals surface area (Å²) in [5.74, 6) is 1.17. The zero-order chi connectivity index (χ0) is 14.2. The minimum Gasteiger partial charge on any atom is -0.393 e. The molecule has 2 unspecified atom stereocenters. The van der Waals surface area contributed by atoms with E-state index in [1.807, 2.05) is 12.1 Å². The standard InChI is InChI=1S/C15H26N4O/c1-2-16-15(17-8-11-19-9-3-4-10-19)18-12-13-6-5-7-14(13)20/h3-4,9-10,13-14,20H,2,5-8,11-12H2,1H3,(H2,16,17,18). The number of hydrogen-bond acceptors (Lipinski definition) is 2. The number of nitrogens with one attached hydrogen (secondary N) is 2. The Labute approximate surface area is 121 Å². The molecule has 1 fully saturated rings. The Morgan fingerprint density at radius 2 is 2.10 bits per heavy atom. The Morgan fingerprint density at radius 1 is 1.30 bits per heavy atom. The van der Waals surface area contributed by atoms with E-state index in [-0.39, 0.29) is 6.10 Å². The average Bonchev–Trinajstić information content (AvgIpc) is 3.08. The molecular weight excluding hydrogens is 252 g/mol. The van der Waals surface area contributed by atoms with E-state index in [1.54, 1.807) is 0 Å². The fourth-order valence-electron chi connectivity index (χ4n) is 2.60. The van der Waals surface area contributed by atoms with Crippen LogP contribution in [0.2, 0.25) is 0 Å². The molecule has 0 bridgehead atoms. The fraction of sp³-hybridized carbons (Fsp3) is 0.667. The van der Waals surface area contributed by atoms with Gasteiger partial charge in [0.2, 0.25) is 0 Å². The van der Waals surface area contributed by atoms with Crippen LogP contribution in [0.1, 0.15) is 26.2 Å². The second-order valence-electron chi connectivity index (χ2n) is 5.33. The Hall–Kier alpha value is -1.49. The van der Waals surface area contributed by atoms with Crippen molar-refractivity contribution in [3.8, 4) is 0 Å². The highest BCUT2D eigenvalue weighted by molar-refractivity contribution is 5.79. The van der Waals surface area contributed by atoms with E-state index in [2.05, 4.69) is 39.5 Å². The third-order valence-corrected chi connectivity index (χ3v) is 3.78. The van der Waals surface area contributed by atoms with Crippen molar-refractivity contribution in [2.45, 2.75) is 38.8 Å². The lowest BCUT2D eigenvalue weighted by Crippen LogP contribution is -2.39. The van der Waals surface area contributed by atoms with Gasteiger partial charge in [0, 0.05) is 44.5 Å². The molecule has 0 spiro atoms. The number of aromatic nitrogens is 1. The molecule has 5 nitrogen and oxygen atoms in total. The number of rotatable bonds is 6. The predicted molar refractivity (Wildman–Crippen MR) is 81.8 cm³/mol. The first-order valence-electron chi connectivity index (χ1n) is 7.60. The van der Waals surface area contributed by atoms with Crippen LogP contribution < -0.4 is 10.6 Å². The van der Waals surface area contributed by atoms with Gasteiger partial charge in [-0.3, -0.25) is 4.99 Å². The van der Waals surface area contributed by atoms with Gasteiger partial charge in [0.05, 0.1) is 6.10 Å². The molecule has 0 aromatic carbocycles. The number of aliphatic hydroxyl groups excluding tert-OH is 1. The number of guanidine groups is 1. The van der Waals surface area contributed by atoms with E-state index < -0.39 is 0 Å². The molecule has 0 radical (unpaired) electrons. The lowest BCUT2D eigenvalue weighted by atomic mass is 10.1. The molecule has 1 aliphatic carbocycles. The van der Waals surface area contributed by atoms with Crippen LogP contribution in [0.4, 0.5) is 0 Å². The smallest absolute Gasteiger partial charge is 0.191 e. The summed E-state index contributed by atoms with van der Waals surface area (Å²) in [4.78, 5) is 4.59. The van der Waals surface area contributed by atoms with Gasteiger partial charge in [-0.2, -0.15) is 0 Å². The Kier molecular flexibility index (Phi) is 5.92. The molecule has 20 heavy (non-hydrogen) atoms. The Morgan fingerprint density at radius 3 is 2.75 bits per heavy atom. The molecule has 0 amide bonds. The van der Waals surface area contributed by atoms with Gasteiger partial charge in [-0.25, -0.2) is 0 Å². The van der Waals surface area contributed by atoms with Crippen LogP contribution in [0.15, 0.2) is 29.5 Å². The van der Waals surface area contributed by atoms with Crippen molar-refractivity contribution in [2.75, 3.05) is 19.6 Å². The maximum Gasteiger partial charge on any atom is 0.191 e. The molecule has 1 aromatic rings. The molecule has 1 heterocycles. The maximum atomic E-state index is 9.82. The highest BCUT2D eigenvalue weighted by Crippen LogP contribution is 2.25. The second kappa shape index (κ2) is 7.94. The monoisotopic (exact) mass is 278 g/mol. The topological polar surface area (TPSA) is 61.6 Å². The summed E-state index contributed by atoms with van der Waals surface area (Å²) < 4.78 is 2.14. The lowest BCUT2D eigenvalue weighted by Gasteiger charge is -2.15. The molecule has 1 aromatic heterocycles. The summed E-state index contributed by atoms with van der Waals surface area (Å²) in [5, 5.41) is 16.4. The van der Waals surface area contributed by atoms with Crippen LogP contribution in [0.5, 0.6) is 0 Å². The Bertz CT molecular complexity index is 402. The highest BCUT2D eigenvalue weighted by Gasteiger charge is 2.24. The molecule has 112 valence electrons. The van der Waals surface area contributed by atoms with Crippen LogP contribution >= 0.6 is 0 Å². The first kappa shape index (κ1) is 14.9. The second-order valence-corrected chi connectivity index (χ2v) is 5.33. The molecule has 0 aliphatic heterocycles. The summed E-state index contributed by atoms with van der Waals surface area (Å²) in [7, 11) is 0. The maximum absolute atomic E-state index is 9.82. The van der Waals surface area contributed by atoms with Crippen LogP contribution in [0.25, 0.3) is 0 Å². The van der Waals surface area contributed by atoms with E-state index in [4.69, 9.17) is 0 Å². The van der Waals surface area contributed by atoms with Crippen molar-refractivity contribution in [1.29, 1.82) is 0 Å². The number of aliphatic hydroxyl groups is 1. The van der Waals surface area contributed by atoms with Crippen molar-refractivity contribution in [1.82, 2.24) is 15.2 Å². The quantitative estimate of drug-likeness (QED) is 0.541. The SMILES string of the molecule is CCNC(=NCC1CCCC1O)NCCn1cccc1. The van der Waals surface area contributed by atoms with Crippen molar-refractivity contribution in [3.63, 3.8) is 0 Å². The molecule has 1 saturated carbocycles. The van der Waals surface area contributed by atoms with Crippen molar-refractivity contribution in [3.05, 3.63) is 24.5 Å². The minimum atomic E-state index is -0.165. The predicted octanol–water partition coefficient (Wildman–Crippen LogP) is 1.20. The molecule has 5 heteroatoms.